The third-order valence-electron chi connectivity index (χ3n) is 3.08. The Labute approximate surface area is 105 Å². The Balaban J connectivity index is 2.23. The molecule has 5 heteroatoms. The van der Waals surface area contributed by atoms with Gasteiger partial charge in [-0.25, -0.2) is 4.79 Å². The zero-order valence-corrected chi connectivity index (χ0v) is 10.2. The van der Waals surface area contributed by atoms with Gasteiger partial charge in [0.05, 0.1) is 12.8 Å². The fourth-order valence-corrected chi connectivity index (χ4v) is 2.14. The van der Waals surface area contributed by atoms with Crippen LogP contribution in [0.2, 0.25) is 0 Å². The van der Waals surface area contributed by atoms with Gasteiger partial charge < -0.3 is 15.2 Å². The van der Waals surface area contributed by atoms with Crippen LogP contribution in [0.1, 0.15) is 24.0 Å². The maximum Gasteiger partial charge on any atom is 0.396 e. The number of anilines is 1. The lowest BCUT2D eigenvalue weighted by Crippen LogP contribution is -2.24. The fourth-order valence-electron chi connectivity index (χ4n) is 2.14. The summed E-state index contributed by atoms with van der Waals surface area (Å²) in [5, 5.41) is 12.2. The molecule has 0 heterocycles. The van der Waals surface area contributed by atoms with Crippen LogP contribution in [0.5, 0.6) is 5.75 Å². The number of phenols is 1. The smallest absolute Gasteiger partial charge is 0.396 e. The van der Waals surface area contributed by atoms with Crippen LogP contribution in [-0.4, -0.2) is 24.1 Å². The number of benzene rings is 1. The number of aromatic hydroxyl groups is 1. The molecule has 0 atom stereocenters. The molecule has 0 saturated carbocycles. The molecule has 1 aromatic rings. The van der Waals surface area contributed by atoms with Crippen LogP contribution in [0.15, 0.2) is 12.1 Å². The maximum atomic E-state index is 11.4. The normalized spacial score (nSPS) is 13.6. The average Bonchev–Trinajstić information content (AvgIpc) is 2.38. The number of hydrogen-bond acceptors (Lipinski definition) is 4. The van der Waals surface area contributed by atoms with Crippen molar-refractivity contribution in [3.63, 3.8) is 0 Å². The number of aryl methyl sites for hydroxylation is 2. The van der Waals surface area contributed by atoms with E-state index in [4.69, 9.17) is 0 Å². The Hall–Kier alpha value is -2.04. The van der Waals surface area contributed by atoms with Crippen LogP contribution < -0.4 is 5.32 Å². The van der Waals surface area contributed by atoms with Gasteiger partial charge in [0, 0.05) is 0 Å². The number of fused-ring (bicyclic) bond motifs is 1. The molecule has 2 rings (SSSR count). The number of carbonyl (C=O) groups is 2. The number of hydrogen-bond donors (Lipinski definition) is 2. The second-order valence-electron chi connectivity index (χ2n) is 4.29. The van der Waals surface area contributed by atoms with E-state index >= 15 is 0 Å². The van der Waals surface area contributed by atoms with Gasteiger partial charge in [-0.2, -0.15) is 0 Å². The van der Waals surface area contributed by atoms with Gasteiger partial charge in [-0.3, -0.25) is 4.79 Å². The fraction of sp³-hybridized carbons (Fsp3) is 0.385. The third-order valence-corrected chi connectivity index (χ3v) is 3.08. The highest BCUT2D eigenvalue weighted by Crippen LogP contribution is 2.31. The summed E-state index contributed by atoms with van der Waals surface area (Å²) >= 11 is 0. The average molecular weight is 249 g/mol. The first-order valence-electron chi connectivity index (χ1n) is 5.86. The van der Waals surface area contributed by atoms with Crippen molar-refractivity contribution >= 4 is 17.6 Å². The lowest BCUT2D eigenvalue weighted by atomic mass is 9.91. The van der Waals surface area contributed by atoms with Crippen molar-refractivity contribution in [2.75, 3.05) is 12.4 Å². The standard InChI is InChI=1S/C13H15NO4/c1-18-13(17)12(16)14-10-6-8-4-2-3-5-9(8)7-11(10)15/h6-7,15H,2-5H2,1H3,(H,14,16). The van der Waals surface area contributed by atoms with E-state index in [1.165, 1.54) is 0 Å². The zero-order chi connectivity index (χ0) is 13.1. The molecule has 5 nitrogen and oxygen atoms in total. The number of nitrogens with one attached hydrogen (secondary N) is 1. The minimum absolute atomic E-state index is 0.0205. The summed E-state index contributed by atoms with van der Waals surface area (Å²) < 4.78 is 4.30. The predicted octanol–water partition coefficient (Wildman–Crippen LogP) is 1.38. The Bertz CT molecular complexity index is 496. The van der Waals surface area contributed by atoms with Gasteiger partial charge >= 0.3 is 11.9 Å². The lowest BCUT2D eigenvalue weighted by Gasteiger charge is -2.17. The molecule has 1 aromatic carbocycles. The second-order valence-corrected chi connectivity index (χ2v) is 4.29. The molecule has 2 N–H and O–H groups in total. The largest absolute Gasteiger partial charge is 0.506 e. The van der Waals surface area contributed by atoms with Crippen LogP contribution in [0, 0.1) is 0 Å². The Morgan fingerprint density at radius 2 is 1.83 bits per heavy atom. The highest BCUT2D eigenvalue weighted by Gasteiger charge is 2.18. The van der Waals surface area contributed by atoms with Gasteiger partial charge in [-0.1, -0.05) is 0 Å². The van der Waals surface area contributed by atoms with E-state index in [9.17, 15) is 14.7 Å². The van der Waals surface area contributed by atoms with Crippen LogP contribution in [0.3, 0.4) is 0 Å². The van der Waals surface area contributed by atoms with E-state index in [0.29, 0.717) is 0 Å². The monoisotopic (exact) mass is 249 g/mol. The van der Waals surface area contributed by atoms with Crippen molar-refractivity contribution in [1.82, 2.24) is 0 Å². The summed E-state index contributed by atoms with van der Waals surface area (Å²) in [6.07, 6.45) is 4.08. The minimum atomic E-state index is -0.980. The third kappa shape index (κ3) is 2.45. The van der Waals surface area contributed by atoms with Crippen molar-refractivity contribution in [3.8, 4) is 5.75 Å². The van der Waals surface area contributed by atoms with E-state index in [1.54, 1.807) is 12.1 Å². The Kier molecular flexibility index (Phi) is 3.50. The van der Waals surface area contributed by atoms with Crippen LogP contribution in [0.4, 0.5) is 5.69 Å². The van der Waals surface area contributed by atoms with E-state index in [-0.39, 0.29) is 11.4 Å². The van der Waals surface area contributed by atoms with Gasteiger partial charge in [0.2, 0.25) is 0 Å². The number of phenolic OH excluding ortho intramolecular Hbond substituents is 1. The first kappa shape index (κ1) is 12.4. The molecular formula is C13H15NO4. The molecule has 1 amide bonds. The molecule has 96 valence electrons. The SMILES string of the molecule is COC(=O)C(=O)Nc1cc2c(cc1O)CCCC2. The van der Waals surface area contributed by atoms with E-state index in [2.05, 4.69) is 10.1 Å². The summed E-state index contributed by atoms with van der Waals surface area (Å²) in [6.45, 7) is 0. The zero-order valence-electron chi connectivity index (χ0n) is 10.2. The summed E-state index contributed by atoms with van der Waals surface area (Å²) in [5.41, 5.74) is 2.47. The van der Waals surface area contributed by atoms with Crippen LogP contribution in [0.25, 0.3) is 0 Å². The number of carbonyl (C=O) groups excluding carboxylic acids is 2. The Morgan fingerprint density at radius 3 is 2.44 bits per heavy atom. The van der Waals surface area contributed by atoms with Crippen molar-refractivity contribution in [3.05, 3.63) is 23.3 Å². The molecule has 0 fully saturated rings. The van der Waals surface area contributed by atoms with Crippen molar-refractivity contribution < 1.29 is 19.4 Å². The van der Waals surface area contributed by atoms with Crippen LogP contribution >= 0.6 is 0 Å². The second kappa shape index (κ2) is 5.08. The van der Waals surface area contributed by atoms with E-state index < -0.39 is 11.9 Å². The molecule has 0 bridgehead atoms. The van der Waals surface area contributed by atoms with Gasteiger partial charge in [0.25, 0.3) is 0 Å². The predicted molar refractivity (Wildman–Crippen MR) is 65.4 cm³/mol. The maximum absolute atomic E-state index is 11.4. The summed E-state index contributed by atoms with van der Waals surface area (Å²) in [6, 6.07) is 3.38. The van der Waals surface area contributed by atoms with E-state index in [1.807, 2.05) is 0 Å². The molecule has 18 heavy (non-hydrogen) atoms. The number of rotatable bonds is 1. The van der Waals surface area contributed by atoms with Gasteiger partial charge in [-0.05, 0) is 48.9 Å². The summed E-state index contributed by atoms with van der Waals surface area (Å²) in [5.74, 6) is -1.89. The minimum Gasteiger partial charge on any atom is -0.506 e. The Morgan fingerprint density at radius 1 is 1.22 bits per heavy atom. The van der Waals surface area contributed by atoms with Crippen molar-refractivity contribution in [2.45, 2.75) is 25.7 Å². The number of ether oxygens (including phenoxy) is 1. The first-order valence-corrected chi connectivity index (χ1v) is 5.86. The lowest BCUT2D eigenvalue weighted by molar-refractivity contribution is -0.150. The molecule has 0 aromatic heterocycles. The topological polar surface area (TPSA) is 75.6 Å². The molecular weight excluding hydrogens is 234 g/mol. The van der Waals surface area contributed by atoms with Crippen molar-refractivity contribution in [2.24, 2.45) is 0 Å². The number of amides is 1. The summed E-state index contributed by atoms with van der Waals surface area (Å²) in [4.78, 5) is 22.4. The molecule has 0 spiro atoms. The quantitative estimate of drug-likeness (QED) is 0.448. The number of esters is 1. The van der Waals surface area contributed by atoms with Gasteiger partial charge in [-0.15, -0.1) is 0 Å². The number of methoxy groups -OCH3 is 1. The molecule has 0 radical (unpaired) electrons. The highest BCUT2D eigenvalue weighted by atomic mass is 16.5. The van der Waals surface area contributed by atoms with Gasteiger partial charge in [0.1, 0.15) is 5.75 Å². The van der Waals surface area contributed by atoms with E-state index in [0.717, 1.165) is 43.9 Å². The van der Waals surface area contributed by atoms with Crippen LogP contribution in [-0.2, 0) is 27.2 Å². The molecule has 1 aliphatic rings. The molecule has 1 aliphatic carbocycles. The van der Waals surface area contributed by atoms with Crippen molar-refractivity contribution in [1.29, 1.82) is 0 Å². The summed E-state index contributed by atoms with van der Waals surface area (Å²) in [7, 11) is 1.13. The molecule has 0 aliphatic heterocycles. The van der Waals surface area contributed by atoms with Gasteiger partial charge in [0.15, 0.2) is 0 Å². The molecule has 0 saturated heterocycles. The first-order chi connectivity index (χ1) is 8.61. The molecule has 0 unspecified atom stereocenters. The highest BCUT2D eigenvalue weighted by molar-refractivity contribution is 6.37.